The van der Waals surface area contributed by atoms with Crippen molar-refractivity contribution in [1.82, 2.24) is 15.2 Å². The van der Waals surface area contributed by atoms with Crippen molar-refractivity contribution in [3.05, 3.63) is 35.7 Å². The zero-order chi connectivity index (χ0) is 12.1. The molecule has 0 aliphatic heterocycles. The quantitative estimate of drug-likeness (QED) is 0.653. The fourth-order valence-electron chi connectivity index (χ4n) is 1.39. The predicted octanol–water partition coefficient (Wildman–Crippen LogP) is 2.59. The summed E-state index contributed by atoms with van der Waals surface area (Å²) in [5.41, 5.74) is 1.16. The maximum Gasteiger partial charge on any atom is 0.208 e. The van der Waals surface area contributed by atoms with Gasteiger partial charge in [0.05, 0.1) is 6.61 Å². The molecule has 0 atom stereocenters. The van der Waals surface area contributed by atoms with Crippen molar-refractivity contribution in [3.63, 3.8) is 0 Å². The second-order valence-corrected chi connectivity index (χ2v) is 4.73. The number of para-hydroxylation sites is 1. The summed E-state index contributed by atoms with van der Waals surface area (Å²) in [5.74, 6) is 2.62. The molecule has 0 saturated carbocycles. The molecule has 0 spiro atoms. The largest absolute Gasteiger partial charge is 0.492 e. The van der Waals surface area contributed by atoms with Crippen LogP contribution in [0.2, 0.25) is 0 Å². The van der Waals surface area contributed by atoms with Crippen LogP contribution in [-0.2, 0) is 0 Å². The number of aromatic amines is 1. The minimum Gasteiger partial charge on any atom is -0.492 e. The first-order valence-electron chi connectivity index (χ1n) is 5.46. The molecule has 0 aliphatic rings. The molecule has 5 heteroatoms. The third-order valence-corrected chi connectivity index (χ3v) is 3.05. The number of H-pyrrole nitrogens is 1. The summed E-state index contributed by atoms with van der Waals surface area (Å²) >= 11 is 1.59. The number of aromatic nitrogens is 3. The van der Waals surface area contributed by atoms with E-state index in [0.717, 1.165) is 28.0 Å². The summed E-state index contributed by atoms with van der Waals surface area (Å²) in [4.78, 5) is 4.21. The Labute approximate surface area is 105 Å². The van der Waals surface area contributed by atoms with Gasteiger partial charge in [0.1, 0.15) is 11.6 Å². The molecule has 0 amide bonds. The van der Waals surface area contributed by atoms with Crippen molar-refractivity contribution in [2.75, 3.05) is 12.4 Å². The van der Waals surface area contributed by atoms with E-state index in [4.69, 9.17) is 4.74 Å². The Morgan fingerprint density at radius 2 is 2.12 bits per heavy atom. The molecule has 1 heterocycles. The molecule has 0 unspecified atom stereocenters. The van der Waals surface area contributed by atoms with Gasteiger partial charge >= 0.3 is 0 Å². The third-order valence-electron chi connectivity index (χ3n) is 2.24. The van der Waals surface area contributed by atoms with Crippen LogP contribution in [0, 0.1) is 13.8 Å². The van der Waals surface area contributed by atoms with E-state index in [1.807, 2.05) is 38.1 Å². The van der Waals surface area contributed by atoms with Gasteiger partial charge in [0.25, 0.3) is 0 Å². The second kappa shape index (κ2) is 5.72. The molecular formula is C12H15N3OS. The highest BCUT2D eigenvalue weighted by Crippen LogP contribution is 2.17. The first-order valence-corrected chi connectivity index (χ1v) is 6.44. The number of rotatable bonds is 5. The van der Waals surface area contributed by atoms with Gasteiger partial charge in [-0.05, 0) is 25.5 Å². The van der Waals surface area contributed by atoms with Gasteiger partial charge in [-0.1, -0.05) is 30.0 Å². The van der Waals surface area contributed by atoms with Crippen molar-refractivity contribution in [2.24, 2.45) is 0 Å². The Morgan fingerprint density at radius 1 is 1.29 bits per heavy atom. The maximum atomic E-state index is 5.68. The van der Waals surface area contributed by atoms with Gasteiger partial charge in [-0.15, -0.1) is 5.10 Å². The van der Waals surface area contributed by atoms with Crippen LogP contribution in [0.1, 0.15) is 11.4 Å². The molecule has 0 aliphatic carbocycles. The van der Waals surface area contributed by atoms with E-state index in [9.17, 15) is 0 Å². The minimum atomic E-state index is 0.656. The van der Waals surface area contributed by atoms with E-state index in [1.165, 1.54) is 0 Å². The van der Waals surface area contributed by atoms with E-state index in [2.05, 4.69) is 15.2 Å². The highest BCUT2D eigenvalue weighted by atomic mass is 32.2. The van der Waals surface area contributed by atoms with Crippen molar-refractivity contribution >= 4 is 11.8 Å². The number of nitrogens with zero attached hydrogens (tertiary/aromatic N) is 2. The fraction of sp³-hybridized carbons (Fsp3) is 0.333. The Hall–Kier alpha value is -1.49. The predicted molar refractivity (Wildman–Crippen MR) is 68.5 cm³/mol. The topological polar surface area (TPSA) is 50.8 Å². The van der Waals surface area contributed by atoms with Crippen LogP contribution in [0.3, 0.4) is 0 Å². The Balaban J connectivity index is 1.75. The summed E-state index contributed by atoms with van der Waals surface area (Å²) in [6, 6.07) is 8.01. The van der Waals surface area contributed by atoms with Crippen molar-refractivity contribution in [1.29, 1.82) is 0 Å². The van der Waals surface area contributed by atoms with Gasteiger partial charge in [-0.3, -0.25) is 5.10 Å². The molecule has 2 rings (SSSR count). The minimum absolute atomic E-state index is 0.656. The van der Waals surface area contributed by atoms with Crippen LogP contribution in [0.15, 0.2) is 29.4 Å². The third kappa shape index (κ3) is 3.49. The smallest absolute Gasteiger partial charge is 0.208 e. The summed E-state index contributed by atoms with van der Waals surface area (Å²) in [6.07, 6.45) is 0. The van der Waals surface area contributed by atoms with Crippen LogP contribution in [-0.4, -0.2) is 27.5 Å². The average Bonchev–Trinajstić information content (AvgIpc) is 2.73. The SMILES string of the molecule is Cc1nc(SCCOc2ccccc2C)n[nH]1. The molecular weight excluding hydrogens is 234 g/mol. The molecule has 4 nitrogen and oxygen atoms in total. The molecule has 90 valence electrons. The molecule has 0 saturated heterocycles. The van der Waals surface area contributed by atoms with Crippen LogP contribution in [0.25, 0.3) is 0 Å². The maximum absolute atomic E-state index is 5.68. The molecule has 1 aromatic carbocycles. The monoisotopic (exact) mass is 249 g/mol. The fourth-order valence-corrected chi connectivity index (χ4v) is 2.05. The number of thioether (sulfide) groups is 1. The lowest BCUT2D eigenvalue weighted by molar-refractivity contribution is 0.341. The van der Waals surface area contributed by atoms with Crippen molar-refractivity contribution in [2.45, 2.75) is 19.0 Å². The Morgan fingerprint density at radius 3 is 2.82 bits per heavy atom. The van der Waals surface area contributed by atoms with Gasteiger partial charge in [0.2, 0.25) is 5.16 Å². The zero-order valence-electron chi connectivity index (χ0n) is 9.93. The zero-order valence-corrected chi connectivity index (χ0v) is 10.8. The van der Waals surface area contributed by atoms with E-state index in [-0.39, 0.29) is 0 Å². The van der Waals surface area contributed by atoms with Crippen LogP contribution < -0.4 is 4.74 Å². The van der Waals surface area contributed by atoms with E-state index in [0.29, 0.717) is 6.61 Å². The molecule has 2 aromatic rings. The molecule has 1 N–H and O–H groups in total. The Bertz CT molecular complexity index is 484. The number of nitrogens with one attached hydrogen (secondary N) is 1. The normalized spacial score (nSPS) is 10.5. The number of hydrogen-bond acceptors (Lipinski definition) is 4. The molecule has 17 heavy (non-hydrogen) atoms. The highest BCUT2D eigenvalue weighted by molar-refractivity contribution is 7.99. The van der Waals surface area contributed by atoms with Gasteiger partial charge < -0.3 is 4.74 Å². The van der Waals surface area contributed by atoms with Gasteiger partial charge in [0.15, 0.2) is 0 Å². The van der Waals surface area contributed by atoms with Crippen LogP contribution in [0.5, 0.6) is 5.75 Å². The Kier molecular flexibility index (Phi) is 4.03. The molecule has 0 fully saturated rings. The molecule has 1 aromatic heterocycles. The van der Waals surface area contributed by atoms with Crippen LogP contribution >= 0.6 is 11.8 Å². The van der Waals surface area contributed by atoms with E-state index in [1.54, 1.807) is 11.8 Å². The van der Waals surface area contributed by atoms with Gasteiger partial charge in [-0.25, -0.2) is 4.98 Å². The van der Waals surface area contributed by atoms with Crippen molar-refractivity contribution < 1.29 is 4.74 Å². The molecule has 0 radical (unpaired) electrons. The van der Waals surface area contributed by atoms with E-state index < -0.39 is 0 Å². The lowest BCUT2D eigenvalue weighted by Gasteiger charge is -2.07. The van der Waals surface area contributed by atoms with E-state index >= 15 is 0 Å². The lowest BCUT2D eigenvalue weighted by atomic mass is 10.2. The first kappa shape index (κ1) is 12.0. The van der Waals surface area contributed by atoms with Gasteiger partial charge in [-0.2, -0.15) is 0 Å². The lowest BCUT2D eigenvalue weighted by Crippen LogP contribution is -2.01. The highest BCUT2D eigenvalue weighted by Gasteiger charge is 2.01. The van der Waals surface area contributed by atoms with Crippen LogP contribution in [0.4, 0.5) is 0 Å². The number of ether oxygens (including phenoxy) is 1. The standard InChI is InChI=1S/C12H15N3OS/c1-9-5-3-4-6-11(9)16-7-8-17-12-13-10(2)14-15-12/h3-6H,7-8H2,1-2H3,(H,13,14,15). The number of aryl methyl sites for hydroxylation is 2. The summed E-state index contributed by atoms with van der Waals surface area (Å²) in [6.45, 7) is 4.59. The molecule has 0 bridgehead atoms. The number of hydrogen-bond donors (Lipinski definition) is 1. The summed E-state index contributed by atoms with van der Waals surface area (Å²) < 4.78 is 5.68. The summed E-state index contributed by atoms with van der Waals surface area (Å²) in [7, 11) is 0. The average molecular weight is 249 g/mol. The second-order valence-electron chi connectivity index (χ2n) is 3.67. The first-order chi connectivity index (χ1) is 8.25. The van der Waals surface area contributed by atoms with Crippen molar-refractivity contribution in [3.8, 4) is 5.75 Å². The number of benzene rings is 1. The summed E-state index contributed by atoms with van der Waals surface area (Å²) in [5, 5.41) is 7.64. The van der Waals surface area contributed by atoms with Gasteiger partial charge in [0, 0.05) is 5.75 Å².